The van der Waals surface area contributed by atoms with Crippen LogP contribution in [0.5, 0.6) is 11.5 Å². The van der Waals surface area contributed by atoms with Gasteiger partial charge in [-0.05, 0) is 30.7 Å². The molecule has 31 heavy (non-hydrogen) atoms. The van der Waals surface area contributed by atoms with E-state index in [9.17, 15) is 0 Å². The number of nitriles is 1. The molecule has 0 aliphatic carbocycles. The molecule has 0 aliphatic heterocycles. The van der Waals surface area contributed by atoms with E-state index in [2.05, 4.69) is 21.0 Å². The first-order chi connectivity index (χ1) is 15.1. The Balaban J connectivity index is 1.84. The monoisotopic (exact) mass is 428 g/mol. The molecule has 2 aromatic heterocycles. The fraction of sp³-hybridized carbons (Fsp3) is 0.167. The van der Waals surface area contributed by atoms with Crippen molar-refractivity contribution in [1.29, 1.82) is 5.26 Å². The van der Waals surface area contributed by atoms with Crippen LogP contribution in [-0.4, -0.2) is 29.8 Å². The van der Waals surface area contributed by atoms with Gasteiger partial charge in [0, 0.05) is 42.0 Å². The predicted molar refractivity (Wildman–Crippen MR) is 122 cm³/mol. The first-order valence-corrected chi connectivity index (χ1v) is 10.5. The third-order valence-electron chi connectivity index (χ3n) is 4.94. The molecule has 0 N–H and O–H groups in total. The molecule has 4 aromatic rings. The van der Waals surface area contributed by atoms with Crippen LogP contribution < -0.4 is 9.47 Å². The Morgan fingerprint density at radius 3 is 2.61 bits per heavy atom. The zero-order valence-corrected chi connectivity index (χ0v) is 18.2. The van der Waals surface area contributed by atoms with Crippen molar-refractivity contribution in [3.05, 3.63) is 81.4 Å². The molecule has 0 unspecified atom stereocenters. The van der Waals surface area contributed by atoms with Gasteiger partial charge in [0.2, 0.25) is 0 Å². The van der Waals surface area contributed by atoms with Gasteiger partial charge < -0.3 is 9.47 Å². The van der Waals surface area contributed by atoms with Gasteiger partial charge in [0.1, 0.15) is 6.61 Å². The van der Waals surface area contributed by atoms with Crippen LogP contribution in [0.15, 0.2) is 59.3 Å². The van der Waals surface area contributed by atoms with Crippen molar-refractivity contribution in [3.8, 4) is 17.6 Å². The lowest BCUT2D eigenvalue weighted by molar-refractivity contribution is 0.287. The van der Waals surface area contributed by atoms with Gasteiger partial charge in [-0.25, -0.2) is 0 Å². The normalized spacial score (nSPS) is 11.4. The molecule has 0 fully saturated rings. The van der Waals surface area contributed by atoms with Crippen LogP contribution in [0, 0.1) is 18.3 Å². The van der Waals surface area contributed by atoms with Gasteiger partial charge in [-0.3, -0.25) is 15.0 Å². The molecule has 2 aromatic carbocycles. The van der Waals surface area contributed by atoms with Crippen molar-refractivity contribution >= 4 is 28.0 Å². The summed E-state index contributed by atoms with van der Waals surface area (Å²) >= 11 is 1.54. The maximum Gasteiger partial charge on any atom is 0.162 e. The number of fused-ring (bicyclic) bond motifs is 1. The Hall–Kier alpha value is -3.76. The van der Waals surface area contributed by atoms with E-state index in [1.807, 2.05) is 37.4 Å². The summed E-state index contributed by atoms with van der Waals surface area (Å²) in [5.74, 6) is 1.25. The van der Waals surface area contributed by atoms with Crippen LogP contribution in [0.3, 0.4) is 0 Å². The number of hydrogen-bond donors (Lipinski definition) is 0. The topological polar surface area (TPSA) is 80.4 Å². The average molecular weight is 429 g/mol. The van der Waals surface area contributed by atoms with Crippen molar-refractivity contribution in [1.82, 2.24) is 9.97 Å². The molecule has 6 nitrogen and oxygen atoms in total. The molecule has 7 heteroatoms. The summed E-state index contributed by atoms with van der Waals surface area (Å²) in [5.41, 5.74) is 6.91. The Morgan fingerprint density at radius 1 is 1.16 bits per heavy atom. The summed E-state index contributed by atoms with van der Waals surface area (Å²) in [5, 5.41) is 10.0. The highest BCUT2D eigenvalue weighted by Crippen LogP contribution is 2.35. The Labute approximate surface area is 184 Å². The first-order valence-electron chi connectivity index (χ1n) is 9.59. The molecular weight excluding hydrogens is 408 g/mol. The van der Waals surface area contributed by atoms with Crippen LogP contribution in [0.1, 0.15) is 27.1 Å². The van der Waals surface area contributed by atoms with Crippen LogP contribution in [-0.2, 0) is 6.61 Å². The third kappa shape index (κ3) is 4.11. The maximum absolute atomic E-state index is 9.11. The lowest BCUT2D eigenvalue weighted by Crippen LogP contribution is -2.08. The molecule has 4 rings (SSSR count). The van der Waals surface area contributed by atoms with Crippen molar-refractivity contribution in [2.24, 2.45) is 4.99 Å². The highest BCUT2D eigenvalue weighted by atomic mass is 32.1. The number of aromatic nitrogens is 2. The number of nitrogens with zero attached hydrogens (tertiary/aromatic N) is 4. The molecule has 154 valence electrons. The largest absolute Gasteiger partial charge is 0.493 e. The minimum atomic E-state index is 0.408. The zero-order valence-electron chi connectivity index (χ0n) is 17.4. The second kappa shape index (κ2) is 8.94. The van der Waals surface area contributed by atoms with Crippen molar-refractivity contribution in [2.45, 2.75) is 13.5 Å². The smallest absolute Gasteiger partial charge is 0.162 e. The molecule has 0 aliphatic rings. The number of methoxy groups -OCH3 is 1. The molecule has 0 atom stereocenters. The van der Waals surface area contributed by atoms with E-state index in [-0.39, 0.29) is 0 Å². The number of aliphatic imine (C=N–C) groups is 1. The fourth-order valence-electron chi connectivity index (χ4n) is 3.44. The Kier molecular flexibility index (Phi) is 5.92. The van der Waals surface area contributed by atoms with Gasteiger partial charge in [0.15, 0.2) is 11.5 Å². The van der Waals surface area contributed by atoms with E-state index in [1.54, 1.807) is 49.3 Å². The van der Waals surface area contributed by atoms with Crippen LogP contribution in [0.4, 0.5) is 0 Å². The highest BCUT2D eigenvalue weighted by Gasteiger charge is 2.17. The summed E-state index contributed by atoms with van der Waals surface area (Å²) < 4.78 is 11.6. The standard InChI is InChI=1S/C24H20N4O2S/c1-15-11-28-20-9-21(29-3)22(30-13-18-12-27-14-31-18)8-19(20)23(15)24(26-2)17-6-4-16(10-25)5-7-17/h4-9,11-12,14H,13H2,1-3H3. The van der Waals surface area contributed by atoms with Gasteiger partial charge in [0.25, 0.3) is 0 Å². The first kappa shape index (κ1) is 20.5. The number of rotatable bonds is 6. The molecule has 0 saturated carbocycles. The molecule has 0 amide bonds. The number of ether oxygens (including phenoxy) is 2. The molecule has 0 bridgehead atoms. The van der Waals surface area contributed by atoms with E-state index in [1.165, 1.54) is 0 Å². The summed E-state index contributed by atoms with van der Waals surface area (Å²) in [6, 6.07) is 13.4. The number of benzene rings is 2. The molecule has 0 spiro atoms. The van der Waals surface area contributed by atoms with Crippen molar-refractivity contribution in [3.63, 3.8) is 0 Å². The second-order valence-corrected chi connectivity index (χ2v) is 7.83. The average Bonchev–Trinajstić information content (AvgIpc) is 3.33. The minimum Gasteiger partial charge on any atom is -0.493 e. The lowest BCUT2D eigenvalue weighted by atomic mass is 9.94. The minimum absolute atomic E-state index is 0.408. The lowest BCUT2D eigenvalue weighted by Gasteiger charge is -2.16. The van der Waals surface area contributed by atoms with E-state index >= 15 is 0 Å². The fourth-order valence-corrected chi connectivity index (χ4v) is 3.94. The van der Waals surface area contributed by atoms with Gasteiger partial charge in [-0.1, -0.05) is 12.1 Å². The molecule has 0 saturated heterocycles. The van der Waals surface area contributed by atoms with Crippen LogP contribution >= 0.6 is 11.3 Å². The van der Waals surface area contributed by atoms with Gasteiger partial charge in [-0.2, -0.15) is 5.26 Å². The Bertz CT molecular complexity index is 1290. The summed E-state index contributed by atoms with van der Waals surface area (Å²) in [6.07, 6.45) is 3.63. The Morgan fingerprint density at radius 2 is 1.97 bits per heavy atom. The molecule has 2 heterocycles. The second-order valence-electron chi connectivity index (χ2n) is 6.85. The van der Waals surface area contributed by atoms with Crippen molar-refractivity contribution in [2.75, 3.05) is 14.2 Å². The van der Waals surface area contributed by atoms with Gasteiger partial charge in [-0.15, -0.1) is 11.3 Å². The third-order valence-corrected chi connectivity index (χ3v) is 5.70. The molecule has 0 radical (unpaired) electrons. The van der Waals surface area contributed by atoms with Crippen molar-refractivity contribution < 1.29 is 9.47 Å². The van der Waals surface area contributed by atoms with Gasteiger partial charge >= 0.3 is 0 Å². The van der Waals surface area contributed by atoms with E-state index in [4.69, 9.17) is 14.7 Å². The zero-order chi connectivity index (χ0) is 21.8. The van der Waals surface area contributed by atoms with Crippen LogP contribution in [0.2, 0.25) is 0 Å². The SMILES string of the molecule is CN=C(c1ccc(C#N)cc1)c1c(C)cnc2cc(OC)c(OCc3cncs3)cc12. The van der Waals surface area contributed by atoms with E-state index in [0.717, 1.165) is 38.2 Å². The van der Waals surface area contributed by atoms with E-state index < -0.39 is 0 Å². The summed E-state index contributed by atoms with van der Waals surface area (Å²) in [4.78, 5) is 14.3. The number of hydrogen-bond acceptors (Lipinski definition) is 7. The van der Waals surface area contributed by atoms with E-state index in [0.29, 0.717) is 23.7 Å². The number of aryl methyl sites for hydroxylation is 1. The number of thiazole rings is 1. The van der Waals surface area contributed by atoms with Crippen LogP contribution in [0.25, 0.3) is 10.9 Å². The molecular formula is C24H20N4O2S. The number of pyridine rings is 1. The highest BCUT2D eigenvalue weighted by molar-refractivity contribution is 7.09. The van der Waals surface area contributed by atoms with Gasteiger partial charge in [0.05, 0.1) is 40.4 Å². The quantitative estimate of drug-likeness (QED) is 0.407. The maximum atomic E-state index is 9.11. The summed E-state index contributed by atoms with van der Waals surface area (Å²) in [6.45, 7) is 2.42. The predicted octanol–water partition coefficient (Wildman–Crippen LogP) is 4.93. The summed E-state index contributed by atoms with van der Waals surface area (Å²) in [7, 11) is 3.38.